The quantitative estimate of drug-likeness (QED) is 0.764. The van der Waals surface area contributed by atoms with Gasteiger partial charge in [0.1, 0.15) is 5.78 Å². The lowest BCUT2D eigenvalue weighted by Crippen LogP contribution is -2.18. The zero-order valence-corrected chi connectivity index (χ0v) is 10.3. The third-order valence-electron chi connectivity index (χ3n) is 4.25. The molecule has 0 heterocycles. The van der Waals surface area contributed by atoms with Crippen LogP contribution in [0, 0.1) is 5.92 Å². The van der Waals surface area contributed by atoms with E-state index in [1.165, 1.54) is 30.4 Å². The molecule has 0 N–H and O–H groups in total. The average Bonchev–Trinajstić information content (AvgIpc) is 3.19. The molecule has 0 saturated heterocycles. The van der Waals surface area contributed by atoms with Gasteiger partial charge in [-0.1, -0.05) is 37.1 Å². The van der Waals surface area contributed by atoms with Gasteiger partial charge in [-0.3, -0.25) is 4.79 Å². The molecule has 0 radical (unpaired) electrons. The van der Waals surface area contributed by atoms with Crippen molar-refractivity contribution in [1.29, 1.82) is 0 Å². The second-order valence-corrected chi connectivity index (χ2v) is 5.59. The minimum atomic E-state index is 0.207. The van der Waals surface area contributed by atoms with Gasteiger partial charge < -0.3 is 0 Å². The molecule has 0 spiro atoms. The van der Waals surface area contributed by atoms with Crippen molar-refractivity contribution >= 4 is 5.78 Å². The Labute approximate surface area is 103 Å². The number of carbonyl (C=O) groups excluding carboxylic acids is 1. The fraction of sp³-hybridized carbons (Fsp3) is 0.562. The molecule has 90 valence electrons. The molecule has 1 aromatic rings. The van der Waals surface area contributed by atoms with Crippen LogP contribution in [0.5, 0.6) is 0 Å². The standard InChI is InChI=1S/C16H20O/c17-16(11-10-12-8-9-12)15-7-3-5-13-4-1-2-6-14(13)15/h1-2,4,6,12,15H,3,5,7-11H2. The minimum Gasteiger partial charge on any atom is -0.299 e. The number of Topliss-reactive ketones (excluding diaryl/α,β-unsaturated/α-hetero) is 1. The summed E-state index contributed by atoms with van der Waals surface area (Å²) in [5.41, 5.74) is 2.73. The Hall–Kier alpha value is -1.11. The second kappa shape index (κ2) is 4.64. The van der Waals surface area contributed by atoms with Crippen LogP contribution in [0.2, 0.25) is 0 Å². The van der Waals surface area contributed by atoms with Gasteiger partial charge in [-0.05, 0) is 42.7 Å². The lowest BCUT2D eigenvalue weighted by Gasteiger charge is -2.24. The summed E-state index contributed by atoms with van der Waals surface area (Å²) in [4.78, 5) is 12.3. The normalized spacial score (nSPS) is 23.2. The summed E-state index contributed by atoms with van der Waals surface area (Å²) >= 11 is 0. The van der Waals surface area contributed by atoms with E-state index in [0.717, 1.165) is 31.6 Å². The number of aryl methyl sites for hydroxylation is 1. The summed E-state index contributed by atoms with van der Waals surface area (Å²) in [5.74, 6) is 1.57. The summed E-state index contributed by atoms with van der Waals surface area (Å²) < 4.78 is 0. The van der Waals surface area contributed by atoms with Gasteiger partial charge in [0.25, 0.3) is 0 Å². The SMILES string of the molecule is O=C(CCC1CC1)C1CCCc2ccccc21. The van der Waals surface area contributed by atoms with Gasteiger partial charge in [-0.15, -0.1) is 0 Å². The molecule has 0 aliphatic heterocycles. The Morgan fingerprint density at radius 2 is 2.00 bits per heavy atom. The Morgan fingerprint density at radius 1 is 1.18 bits per heavy atom. The number of ketones is 1. The van der Waals surface area contributed by atoms with Crippen LogP contribution in [0.1, 0.15) is 55.6 Å². The van der Waals surface area contributed by atoms with E-state index in [-0.39, 0.29) is 5.92 Å². The van der Waals surface area contributed by atoms with Crippen molar-refractivity contribution in [3.05, 3.63) is 35.4 Å². The summed E-state index contributed by atoms with van der Waals surface area (Å²) in [6, 6.07) is 8.52. The Kier molecular flexibility index (Phi) is 3.00. The van der Waals surface area contributed by atoms with Gasteiger partial charge in [-0.2, -0.15) is 0 Å². The van der Waals surface area contributed by atoms with Crippen LogP contribution >= 0.6 is 0 Å². The van der Waals surface area contributed by atoms with Gasteiger partial charge in [0.05, 0.1) is 0 Å². The van der Waals surface area contributed by atoms with E-state index >= 15 is 0 Å². The highest BCUT2D eigenvalue weighted by Gasteiger charge is 2.28. The molecule has 0 amide bonds. The number of carbonyl (C=O) groups is 1. The highest BCUT2D eigenvalue weighted by atomic mass is 16.1. The molecule has 1 nitrogen and oxygen atoms in total. The zero-order chi connectivity index (χ0) is 11.7. The third kappa shape index (κ3) is 2.43. The van der Waals surface area contributed by atoms with Crippen molar-refractivity contribution in [3.8, 4) is 0 Å². The average molecular weight is 228 g/mol. The van der Waals surface area contributed by atoms with Crippen LogP contribution in [0.25, 0.3) is 0 Å². The highest BCUT2D eigenvalue weighted by Crippen LogP contribution is 2.37. The van der Waals surface area contributed by atoms with Crippen LogP contribution in [0.3, 0.4) is 0 Å². The molecule has 0 bridgehead atoms. The van der Waals surface area contributed by atoms with Crippen molar-refractivity contribution in [1.82, 2.24) is 0 Å². The van der Waals surface area contributed by atoms with Crippen molar-refractivity contribution in [2.75, 3.05) is 0 Å². The smallest absolute Gasteiger partial charge is 0.140 e. The molecular weight excluding hydrogens is 208 g/mol. The molecule has 1 aromatic carbocycles. The van der Waals surface area contributed by atoms with Gasteiger partial charge in [0.2, 0.25) is 0 Å². The molecule has 17 heavy (non-hydrogen) atoms. The first kappa shape index (κ1) is 11.0. The molecule has 3 rings (SSSR count). The topological polar surface area (TPSA) is 17.1 Å². The van der Waals surface area contributed by atoms with Gasteiger partial charge in [0, 0.05) is 12.3 Å². The summed E-state index contributed by atoms with van der Waals surface area (Å²) in [7, 11) is 0. The molecule has 1 unspecified atom stereocenters. The number of benzene rings is 1. The molecule has 1 saturated carbocycles. The number of fused-ring (bicyclic) bond motifs is 1. The molecule has 0 aromatic heterocycles. The first-order chi connectivity index (χ1) is 8.34. The highest BCUT2D eigenvalue weighted by molar-refractivity contribution is 5.86. The van der Waals surface area contributed by atoms with E-state index in [4.69, 9.17) is 0 Å². The van der Waals surface area contributed by atoms with Crippen molar-refractivity contribution in [3.63, 3.8) is 0 Å². The fourth-order valence-corrected chi connectivity index (χ4v) is 3.02. The summed E-state index contributed by atoms with van der Waals surface area (Å²) in [6.45, 7) is 0. The van der Waals surface area contributed by atoms with E-state index in [1.807, 2.05) is 0 Å². The van der Waals surface area contributed by atoms with E-state index in [1.54, 1.807) is 0 Å². The number of hydrogen-bond donors (Lipinski definition) is 0. The number of rotatable bonds is 4. The van der Waals surface area contributed by atoms with E-state index in [0.29, 0.717) is 5.78 Å². The van der Waals surface area contributed by atoms with Crippen LogP contribution < -0.4 is 0 Å². The maximum absolute atomic E-state index is 12.3. The van der Waals surface area contributed by atoms with E-state index < -0.39 is 0 Å². The molecule has 2 aliphatic rings. The van der Waals surface area contributed by atoms with Gasteiger partial charge in [0.15, 0.2) is 0 Å². The molecule has 2 aliphatic carbocycles. The predicted molar refractivity (Wildman–Crippen MR) is 69.1 cm³/mol. The molecule has 1 atom stereocenters. The first-order valence-electron chi connectivity index (χ1n) is 6.95. The second-order valence-electron chi connectivity index (χ2n) is 5.59. The van der Waals surface area contributed by atoms with Gasteiger partial charge in [-0.25, -0.2) is 0 Å². The molecule has 1 fully saturated rings. The fourth-order valence-electron chi connectivity index (χ4n) is 3.02. The van der Waals surface area contributed by atoms with Crippen LogP contribution in [0.15, 0.2) is 24.3 Å². The first-order valence-corrected chi connectivity index (χ1v) is 6.95. The lowest BCUT2D eigenvalue weighted by atomic mass is 9.79. The van der Waals surface area contributed by atoms with Crippen LogP contribution in [-0.2, 0) is 11.2 Å². The largest absolute Gasteiger partial charge is 0.299 e. The van der Waals surface area contributed by atoms with Crippen molar-refractivity contribution in [2.24, 2.45) is 5.92 Å². The Balaban J connectivity index is 1.72. The van der Waals surface area contributed by atoms with Gasteiger partial charge >= 0.3 is 0 Å². The maximum Gasteiger partial charge on any atom is 0.140 e. The van der Waals surface area contributed by atoms with Crippen LogP contribution in [0.4, 0.5) is 0 Å². The zero-order valence-electron chi connectivity index (χ0n) is 10.3. The number of hydrogen-bond acceptors (Lipinski definition) is 1. The van der Waals surface area contributed by atoms with E-state index in [2.05, 4.69) is 24.3 Å². The van der Waals surface area contributed by atoms with Crippen LogP contribution in [-0.4, -0.2) is 5.78 Å². The maximum atomic E-state index is 12.3. The van der Waals surface area contributed by atoms with Crippen molar-refractivity contribution < 1.29 is 4.79 Å². The molecular formula is C16H20O. The predicted octanol–water partition coefficient (Wildman–Crippen LogP) is 3.87. The Morgan fingerprint density at radius 3 is 2.82 bits per heavy atom. The lowest BCUT2D eigenvalue weighted by molar-refractivity contribution is -0.121. The van der Waals surface area contributed by atoms with Crippen molar-refractivity contribution in [2.45, 2.75) is 50.9 Å². The minimum absolute atomic E-state index is 0.207. The van der Waals surface area contributed by atoms with E-state index in [9.17, 15) is 4.79 Å². The third-order valence-corrected chi connectivity index (χ3v) is 4.25. The Bertz CT molecular complexity index is 417. The summed E-state index contributed by atoms with van der Waals surface area (Å²) in [5, 5.41) is 0. The monoisotopic (exact) mass is 228 g/mol. The molecule has 1 heteroatoms. The summed E-state index contributed by atoms with van der Waals surface area (Å²) in [6.07, 6.45) is 8.06.